The first-order valence-electron chi connectivity index (χ1n) is 7.63. The van der Waals surface area contributed by atoms with Crippen molar-refractivity contribution in [1.82, 2.24) is 0 Å². The Kier molecular flexibility index (Phi) is 14.3. The number of hydrogen-bond acceptors (Lipinski definition) is 2. The van der Waals surface area contributed by atoms with Crippen LogP contribution in [-0.2, 0) is 3.79 Å². The first kappa shape index (κ1) is 22.6. The standard InChI is InChI=1S/2C8H5.2C2H5O.Al.Li/c2*1-2-8-6-4-3-5-7-8;2*1-2-3;;/h2*3-7H;2*2H2,1H3;;/q;;2*-1;2*+1. The Balaban J connectivity index is 0.00000123. The van der Waals surface area contributed by atoms with Gasteiger partial charge in [-0.2, -0.15) is 0 Å². The molecule has 0 saturated carbocycles. The van der Waals surface area contributed by atoms with Gasteiger partial charge in [0.25, 0.3) is 0 Å². The molecule has 0 atom stereocenters. The van der Waals surface area contributed by atoms with Crippen molar-refractivity contribution in [3.63, 3.8) is 0 Å². The van der Waals surface area contributed by atoms with Crippen LogP contribution in [0.2, 0.25) is 0 Å². The van der Waals surface area contributed by atoms with Gasteiger partial charge in [0, 0.05) is 17.7 Å². The molecule has 2 aromatic rings. The summed E-state index contributed by atoms with van der Waals surface area (Å²) in [5, 5.41) is 8.93. The van der Waals surface area contributed by atoms with Gasteiger partial charge in [0.15, 0.2) is 0 Å². The summed E-state index contributed by atoms with van der Waals surface area (Å²) < 4.78 is 5.68. The van der Waals surface area contributed by atoms with Crippen molar-refractivity contribution < 1.29 is 27.8 Å². The maximum atomic E-state index is 8.93. The van der Waals surface area contributed by atoms with Crippen LogP contribution in [0.15, 0.2) is 60.7 Å². The second kappa shape index (κ2) is 15.2. The molecule has 0 fully saturated rings. The van der Waals surface area contributed by atoms with E-state index in [1.165, 1.54) is 0 Å². The van der Waals surface area contributed by atoms with Crippen LogP contribution in [0.25, 0.3) is 0 Å². The summed E-state index contributed by atoms with van der Waals surface area (Å²) in [6, 6.07) is 19.9. The molecule has 2 aromatic carbocycles. The Morgan fingerprint density at radius 2 is 1.21 bits per heavy atom. The molecular formula is C20H20AlLiO2. The smallest absolute Gasteiger partial charge is 0.855 e. The van der Waals surface area contributed by atoms with E-state index in [0.717, 1.165) is 11.1 Å². The van der Waals surface area contributed by atoms with Crippen LogP contribution >= 0.6 is 0 Å². The minimum absolute atomic E-state index is 0. The zero-order valence-corrected chi connectivity index (χ0v) is 15.7. The minimum Gasteiger partial charge on any atom is -0.855 e. The van der Waals surface area contributed by atoms with E-state index >= 15 is 0 Å². The Bertz CT molecular complexity index is 609. The maximum absolute atomic E-state index is 8.93. The molecule has 0 bridgehead atoms. The van der Waals surface area contributed by atoms with Crippen LogP contribution in [0, 0.1) is 21.4 Å². The molecule has 116 valence electrons. The van der Waals surface area contributed by atoms with Crippen molar-refractivity contribution in [3.8, 4) is 21.4 Å². The van der Waals surface area contributed by atoms with Gasteiger partial charge >= 0.3 is 33.3 Å². The van der Waals surface area contributed by atoms with Gasteiger partial charge in [-0.25, -0.2) is 0 Å². The largest absolute Gasteiger partial charge is 1.00 e. The second-order valence-electron chi connectivity index (χ2n) is 4.39. The van der Waals surface area contributed by atoms with E-state index in [4.69, 9.17) is 8.90 Å². The average molecular weight is 326 g/mol. The van der Waals surface area contributed by atoms with Gasteiger partial charge in [-0.15, -0.1) is 16.2 Å². The Morgan fingerprint density at radius 3 is 1.54 bits per heavy atom. The molecular weight excluding hydrogens is 306 g/mol. The fourth-order valence-electron chi connectivity index (χ4n) is 1.63. The average Bonchev–Trinajstić information content (AvgIpc) is 2.60. The van der Waals surface area contributed by atoms with E-state index in [-0.39, 0.29) is 25.5 Å². The van der Waals surface area contributed by atoms with Gasteiger partial charge in [0.2, 0.25) is 0 Å². The number of hydrogen-bond donors (Lipinski definition) is 0. The zero-order valence-electron chi connectivity index (χ0n) is 14.6. The Labute approximate surface area is 162 Å². The summed E-state index contributed by atoms with van der Waals surface area (Å²) in [5.74, 6) is 6.30. The molecule has 0 aliphatic carbocycles. The second-order valence-corrected chi connectivity index (χ2v) is 6.07. The Hall–Kier alpha value is -1.39. The molecule has 0 radical (unpaired) electrons. The van der Waals surface area contributed by atoms with Crippen LogP contribution in [0.5, 0.6) is 0 Å². The molecule has 0 heterocycles. The number of rotatable bonds is 2. The van der Waals surface area contributed by atoms with Crippen LogP contribution in [-0.4, -0.2) is 27.7 Å². The predicted octanol–water partition coefficient (Wildman–Crippen LogP) is -0.433. The van der Waals surface area contributed by atoms with Crippen molar-refractivity contribution in [3.05, 3.63) is 71.8 Å². The van der Waals surface area contributed by atoms with Gasteiger partial charge in [0.1, 0.15) is 0 Å². The van der Waals surface area contributed by atoms with E-state index in [0.29, 0.717) is 6.61 Å². The summed E-state index contributed by atoms with van der Waals surface area (Å²) in [6.07, 6.45) is 0. The molecule has 0 spiro atoms. The van der Waals surface area contributed by atoms with Crippen LogP contribution in [0.3, 0.4) is 0 Å². The molecule has 0 unspecified atom stereocenters. The first-order chi connectivity index (χ1) is 11.3. The molecule has 0 N–H and O–H groups in total. The van der Waals surface area contributed by atoms with E-state index in [2.05, 4.69) is 21.4 Å². The summed E-state index contributed by atoms with van der Waals surface area (Å²) in [6.45, 7) is 4.21. The molecule has 0 saturated heterocycles. The fourth-order valence-corrected chi connectivity index (χ4v) is 2.79. The van der Waals surface area contributed by atoms with Crippen LogP contribution in [0.1, 0.15) is 25.0 Å². The van der Waals surface area contributed by atoms with Gasteiger partial charge in [-0.3, -0.25) is 0 Å². The number of benzene rings is 2. The van der Waals surface area contributed by atoms with Crippen molar-refractivity contribution in [1.29, 1.82) is 0 Å². The third kappa shape index (κ3) is 10.4. The van der Waals surface area contributed by atoms with E-state index in [1.807, 2.05) is 67.6 Å². The van der Waals surface area contributed by atoms with Crippen molar-refractivity contribution in [2.24, 2.45) is 0 Å². The van der Waals surface area contributed by atoms with Gasteiger partial charge < -0.3 is 8.90 Å². The van der Waals surface area contributed by atoms with Gasteiger partial charge in [-0.1, -0.05) is 55.2 Å². The summed E-state index contributed by atoms with van der Waals surface area (Å²) in [4.78, 5) is 6.40. The van der Waals surface area contributed by atoms with Crippen molar-refractivity contribution in [2.45, 2.75) is 13.8 Å². The minimum atomic E-state index is -1.80. The normalized spacial score (nSPS) is 8.12. The summed E-state index contributed by atoms with van der Waals surface area (Å²) in [7, 11) is 0. The molecule has 0 aliphatic heterocycles. The fraction of sp³-hybridized carbons (Fsp3) is 0.200. The topological polar surface area (TPSA) is 32.3 Å². The molecule has 2 nitrogen and oxygen atoms in total. The van der Waals surface area contributed by atoms with Crippen molar-refractivity contribution >= 4 is 14.5 Å². The van der Waals surface area contributed by atoms with Gasteiger partial charge in [0.05, 0.1) is 0 Å². The SMILES string of the molecule is CC[O-].CC[O][Al]([C]#Cc1ccccc1)[C]#Cc1ccccc1.[Li+]. The monoisotopic (exact) mass is 326 g/mol. The zero-order chi connectivity index (χ0) is 16.8. The molecule has 0 aliphatic rings. The van der Waals surface area contributed by atoms with Crippen LogP contribution < -0.4 is 24.0 Å². The van der Waals surface area contributed by atoms with E-state index in [1.54, 1.807) is 6.92 Å². The third-order valence-corrected chi connectivity index (χ3v) is 4.06. The Morgan fingerprint density at radius 1 is 0.833 bits per heavy atom. The van der Waals surface area contributed by atoms with Gasteiger partial charge in [-0.05, 0) is 31.2 Å². The third-order valence-electron chi connectivity index (χ3n) is 2.58. The quantitative estimate of drug-likeness (QED) is 0.554. The van der Waals surface area contributed by atoms with Crippen LogP contribution in [0.4, 0.5) is 0 Å². The van der Waals surface area contributed by atoms with Crippen molar-refractivity contribution in [2.75, 3.05) is 13.2 Å². The molecule has 24 heavy (non-hydrogen) atoms. The van der Waals surface area contributed by atoms with E-state index in [9.17, 15) is 0 Å². The molecule has 2 rings (SSSR count). The maximum Gasteiger partial charge on any atom is 1.00 e. The summed E-state index contributed by atoms with van der Waals surface area (Å²) >= 11 is -1.80. The summed E-state index contributed by atoms with van der Waals surface area (Å²) in [5.41, 5.74) is 2.01. The molecule has 4 heteroatoms. The first-order valence-corrected chi connectivity index (χ1v) is 9.25. The molecule has 0 amide bonds. The molecule has 0 aromatic heterocycles. The predicted molar refractivity (Wildman–Crippen MR) is 94.6 cm³/mol. The van der Waals surface area contributed by atoms with E-state index < -0.39 is 14.5 Å².